The molecule has 0 unspecified atom stereocenters. The molecule has 0 aromatic heterocycles. The third-order valence-electron chi connectivity index (χ3n) is 4.64. The number of amides is 1. The molecule has 9 heteroatoms. The van der Waals surface area contributed by atoms with E-state index in [-0.39, 0.29) is 17.3 Å². The lowest BCUT2D eigenvalue weighted by Gasteiger charge is -2.26. The SMILES string of the molecule is O=C(CN1CCOCC1)Nc1cc(S(=O)(=O)N2CCCCC2)ccc1Cl. The highest BCUT2D eigenvalue weighted by Crippen LogP contribution is 2.28. The average molecular weight is 402 g/mol. The number of hydrogen-bond acceptors (Lipinski definition) is 5. The third kappa shape index (κ3) is 4.75. The number of nitrogens with zero attached hydrogens (tertiary/aromatic N) is 2. The number of carbonyl (C=O) groups is 1. The van der Waals surface area contributed by atoms with Gasteiger partial charge in [-0.1, -0.05) is 18.0 Å². The molecule has 26 heavy (non-hydrogen) atoms. The van der Waals surface area contributed by atoms with Gasteiger partial charge in [0.25, 0.3) is 0 Å². The fourth-order valence-corrected chi connectivity index (χ4v) is 4.88. The first kappa shape index (κ1) is 19.6. The molecular weight excluding hydrogens is 378 g/mol. The molecule has 1 amide bonds. The first-order valence-corrected chi connectivity index (χ1v) is 10.7. The maximum Gasteiger partial charge on any atom is 0.243 e. The standard InChI is InChI=1S/C17H24ClN3O4S/c18-15-5-4-14(26(23,24)21-6-2-1-3-7-21)12-16(15)19-17(22)13-20-8-10-25-11-9-20/h4-5,12H,1-3,6-11,13H2,(H,19,22). The quantitative estimate of drug-likeness (QED) is 0.813. The van der Waals surface area contributed by atoms with Crippen LogP contribution in [0, 0.1) is 0 Å². The second-order valence-corrected chi connectivity index (χ2v) is 8.89. The lowest BCUT2D eigenvalue weighted by molar-refractivity contribution is -0.118. The molecule has 1 aromatic carbocycles. The molecular formula is C17H24ClN3O4S. The van der Waals surface area contributed by atoms with E-state index in [1.807, 2.05) is 4.90 Å². The van der Waals surface area contributed by atoms with E-state index < -0.39 is 10.0 Å². The van der Waals surface area contributed by atoms with Gasteiger partial charge in [0.05, 0.1) is 35.4 Å². The summed E-state index contributed by atoms with van der Waals surface area (Å²) in [7, 11) is -3.57. The summed E-state index contributed by atoms with van der Waals surface area (Å²) in [6.07, 6.45) is 2.79. The minimum atomic E-state index is -3.57. The summed E-state index contributed by atoms with van der Waals surface area (Å²) in [5.74, 6) is -0.221. The predicted molar refractivity (Wildman–Crippen MR) is 100.0 cm³/mol. The van der Waals surface area contributed by atoms with Gasteiger partial charge < -0.3 is 10.1 Å². The van der Waals surface area contributed by atoms with Gasteiger partial charge in [0.2, 0.25) is 15.9 Å². The second kappa shape index (κ2) is 8.67. The number of rotatable bonds is 5. The lowest BCUT2D eigenvalue weighted by atomic mass is 10.2. The molecule has 2 aliphatic heterocycles. The van der Waals surface area contributed by atoms with Crippen molar-refractivity contribution < 1.29 is 17.9 Å². The van der Waals surface area contributed by atoms with Gasteiger partial charge in [-0.15, -0.1) is 0 Å². The minimum Gasteiger partial charge on any atom is -0.379 e. The number of ether oxygens (including phenoxy) is 1. The summed E-state index contributed by atoms with van der Waals surface area (Å²) in [6.45, 7) is 3.90. The van der Waals surface area contributed by atoms with E-state index >= 15 is 0 Å². The number of sulfonamides is 1. The van der Waals surface area contributed by atoms with Gasteiger partial charge in [0.1, 0.15) is 0 Å². The van der Waals surface area contributed by atoms with Crippen molar-refractivity contribution in [3.05, 3.63) is 23.2 Å². The summed E-state index contributed by atoms with van der Waals surface area (Å²) in [5, 5.41) is 3.05. The molecule has 1 aromatic rings. The lowest BCUT2D eigenvalue weighted by Crippen LogP contribution is -2.41. The van der Waals surface area contributed by atoms with E-state index in [1.165, 1.54) is 22.5 Å². The Morgan fingerprint density at radius 2 is 1.81 bits per heavy atom. The Labute approximate surface area is 159 Å². The molecule has 0 radical (unpaired) electrons. The van der Waals surface area contributed by atoms with Crippen LogP contribution in [0.3, 0.4) is 0 Å². The summed E-state index contributed by atoms with van der Waals surface area (Å²) in [6, 6.07) is 4.45. The third-order valence-corrected chi connectivity index (χ3v) is 6.86. The normalized spacial score (nSPS) is 20.0. The number of hydrogen-bond donors (Lipinski definition) is 1. The molecule has 3 rings (SSSR count). The fourth-order valence-electron chi connectivity index (χ4n) is 3.17. The zero-order valence-corrected chi connectivity index (χ0v) is 16.2. The Balaban J connectivity index is 1.71. The second-order valence-electron chi connectivity index (χ2n) is 6.54. The molecule has 2 aliphatic rings. The van der Waals surface area contributed by atoms with Crippen LogP contribution in [0.4, 0.5) is 5.69 Å². The Morgan fingerprint density at radius 1 is 1.12 bits per heavy atom. The van der Waals surface area contributed by atoms with Crippen LogP contribution in [0.25, 0.3) is 0 Å². The molecule has 2 fully saturated rings. The molecule has 2 saturated heterocycles. The molecule has 0 saturated carbocycles. The van der Waals surface area contributed by atoms with E-state index in [2.05, 4.69) is 5.32 Å². The molecule has 7 nitrogen and oxygen atoms in total. The van der Waals surface area contributed by atoms with Crippen molar-refractivity contribution in [2.24, 2.45) is 0 Å². The maximum atomic E-state index is 12.8. The fraction of sp³-hybridized carbons (Fsp3) is 0.588. The zero-order chi connectivity index (χ0) is 18.6. The molecule has 0 spiro atoms. The van der Waals surface area contributed by atoms with Crippen LogP contribution in [0.2, 0.25) is 5.02 Å². The molecule has 0 aliphatic carbocycles. The van der Waals surface area contributed by atoms with E-state index in [1.54, 1.807) is 0 Å². The van der Waals surface area contributed by atoms with Crippen LogP contribution in [0.5, 0.6) is 0 Å². The van der Waals surface area contributed by atoms with Gasteiger partial charge in [0, 0.05) is 26.2 Å². The monoisotopic (exact) mass is 401 g/mol. The van der Waals surface area contributed by atoms with Crippen molar-refractivity contribution in [3.63, 3.8) is 0 Å². The number of benzene rings is 1. The zero-order valence-electron chi connectivity index (χ0n) is 14.6. The summed E-state index contributed by atoms with van der Waals surface area (Å²) < 4.78 is 32.4. The minimum absolute atomic E-state index is 0.158. The summed E-state index contributed by atoms with van der Waals surface area (Å²) in [4.78, 5) is 14.4. The van der Waals surface area contributed by atoms with Crippen LogP contribution in [-0.4, -0.2) is 69.5 Å². The highest BCUT2D eigenvalue weighted by molar-refractivity contribution is 7.89. The van der Waals surface area contributed by atoms with Crippen LogP contribution in [0.1, 0.15) is 19.3 Å². The molecule has 0 bridgehead atoms. The van der Waals surface area contributed by atoms with Crippen LogP contribution >= 0.6 is 11.6 Å². The van der Waals surface area contributed by atoms with Gasteiger partial charge in [-0.3, -0.25) is 9.69 Å². The molecule has 0 atom stereocenters. The average Bonchev–Trinajstić information content (AvgIpc) is 2.65. The number of halogens is 1. The Kier molecular flexibility index (Phi) is 6.52. The first-order chi connectivity index (χ1) is 12.5. The maximum absolute atomic E-state index is 12.8. The van der Waals surface area contributed by atoms with Gasteiger partial charge in [0.15, 0.2) is 0 Å². The van der Waals surface area contributed by atoms with Crippen LogP contribution < -0.4 is 5.32 Å². The number of morpholine rings is 1. The van der Waals surface area contributed by atoms with Gasteiger partial charge in [-0.2, -0.15) is 4.31 Å². The van der Waals surface area contributed by atoms with E-state index in [0.717, 1.165) is 19.3 Å². The number of piperidine rings is 1. The topological polar surface area (TPSA) is 79.0 Å². The Bertz CT molecular complexity index is 744. The van der Waals surface area contributed by atoms with E-state index in [0.29, 0.717) is 50.1 Å². The van der Waals surface area contributed by atoms with Crippen LogP contribution in [0.15, 0.2) is 23.1 Å². The van der Waals surface area contributed by atoms with Crippen molar-refractivity contribution in [1.29, 1.82) is 0 Å². The Morgan fingerprint density at radius 3 is 2.50 bits per heavy atom. The van der Waals surface area contributed by atoms with E-state index in [9.17, 15) is 13.2 Å². The summed E-state index contributed by atoms with van der Waals surface area (Å²) >= 11 is 6.16. The Hall–Kier alpha value is -1.19. The number of carbonyl (C=O) groups excluding carboxylic acids is 1. The van der Waals surface area contributed by atoms with Gasteiger partial charge in [-0.05, 0) is 31.0 Å². The highest BCUT2D eigenvalue weighted by atomic mass is 35.5. The van der Waals surface area contributed by atoms with Crippen molar-refractivity contribution >= 4 is 33.2 Å². The summed E-state index contributed by atoms with van der Waals surface area (Å²) in [5.41, 5.74) is 0.322. The highest BCUT2D eigenvalue weighted by Gasteiger charge is 2.26. The number of anilines is 1. The number of nitrogens with one attached hydrogen (secondary N) is 1. The van der Waals surface area contributed by atoms with Crippen molar-refractivity contribution in [2.75, 3.05) is 51.3 Å². The molecule has 144 valence electrons. The first-order valence-electron chi connectivity index (χ1n) is 8.86. The smallest absolute Gasteiger partial charge is 0.243 e. The molecule has 2 heterocycles. The van der Waals surface area contributed by atoms with Crippen molar-refractivity contribution in [1.82, 2.24) is 9.21 Å². The van der Waals surface area contributed by atoms with E-state index in [4.69, 9.17) is 16.3 Å². The van der Waals surface area contributed by atoms with Gasteiger partial charge >= 0.3 is 0 Å². The molecule has 1 N–H and O–H groups in total. The van der Waals surface area contributed by atoms with Crippen molar-refractivity contribution in [3.8, 4) is 0 Å². The largest absolute Gasteiger partial charge is 0.379 e. The van der Waals surface area contributed by atoms with Crippen molar-refractivity contribution in [2.45, 2.75) is 24.2 Å². The predicted octanol–water partition coefficient (Wildman–Crippen LogP) is 1.79. The van der Waals surface area contributed by atoms with Crippen LogP contribution in [-0.2, 0) is 19.6 Å². The van der Waals surface area contributed by atoms with Gasteiger partial charge in [-0.25, -0.2) is 8.42 Å².